The van der Waals surface area contributed by atoms with Crippen molar-refractivity contribution in [3.8, 4) is 0 Å². The molecule has 0 aliphatic rings. The third kappa shape index (κ3) is 32.9. The van der Waals surface area contributed by atoms with Crippen LogP contribution in [0.2, 0.25) is 0 Å². The van der Waals surface area contributed by atoms with Crippen molar-refractivity contribution in [2.75, 3.05) is 13.2 Å². The highest BCUT2D eigenvalue weighted by atomic mass is 16.6. The van der Waals surface area contributed by atoms with Crippen LogP contribution in [0.5, 0.6) is 0 Å². The number of rotatable bonds is 32. The molecule has 0 radical (unpaired) electrons. The molecule has 4 heteroatoms. The van der Waals surface area contributed by atoms with Crippen LogP contribution in [0.4, 0.5) is 0 Å². The van der Waals surface area contributed by atoms with Crippen LogP contribution in [-0.2, 0) is 19.1 Å². The Morgan fingerprint density at radius 2 is 0.595 bits per heavy atom. The molecule has 0 aromatic rings. The predicted molar refractivity (Wildman–Crippen MR) is 181 cm³/mol. The van der Waals surface area contributed by atoms with E-state index in [1.165, 1.54) is 141 Å². The van der Waals surface area contributed by atoms with Gasteiger partial charge in [0.2, 0.25) is 0 Å². The lowest BCUT2D eigenvalue weighted by Gasteiger charge is -2.06. The summed E-state index contributed by atoms with van der Waals surface area (Å²) in [5.74, 6) is -1.68. The first-order chi connectivity index (χ1) is 20.7. The summed E-state index contributed by atoms with van der Waals surface area (Å²) in [6.07, 6.45) is 44.1. The summed E-state index contributed by atoms with van der Waals surface area (Å²) in [4.78, 5) is 23.6. The van der Waals surface area contributed by atoms with Gasteiger partial charge in [0.1, 0.15) is 0 Å². The number of hydrogen-bond donors (Lipinski definition) is 0. The van der Waals surface area contributed by atoms with Gasteiger partial charge in [0.15, 0.2) is 0 Å². The molecule has 42 heavy (non-hydrogen) atoms. The Balaban J connectivity index is 3.35. The highest BCUT2D eigenvalue weighted by molar-refractivity contribution is 6.29. The van der Waals surface area contributed by atoms with Gasteiger partial charge in [0.25, 0.3) is 0 Å². The van der Waals surface area contributed by atoms with Crippen LogP contribution in [-0.4, -0.2) is 25.2 Å². The van der Waals surface area contributed by atoms with Gasteiger partial charge in [-0.1, -0.05) is 154 Å². The van der Waals surface area contributed by atoms with E-state index < -0.39 is 11.9 Å². The first kappa shape index (κ1) is 40.4. The Morgan fingerprint density at radius 3 is 0.881 bits per heavy atom. The van der Waals surface area contributed by atoms with Crippen LogP contribution in [0.15, 0.2) is 24.3 Å². The molecule has 0 aliphatic heterocycles. The molecule has 0 unspecified atom stereocenters. The fourth-order valence-corrected chi connectivity index (χ4v) is 5.15. The fraction of sp³-hybridized carbons (Fsp3) is 0.842. The van der Waals surface area contributed by atoms with Gasteiger partial charge in [-0.3, -0.25) is 0 Å². The zero-order chi connectivity index (χ0) is 30.6. The quantitative estimate of drug-likeness (QED) is 0.0338. The van der Waals surface area contributed by atoms with Gasteiger partial charge in [0, 0.05) is 0 Å². The number of unbranched alkanes of at least 4 members (excludes halogenated alkanes) is 24. The maximum absolute atomic E-state index is 11.8. The van der Waals surface area contributed by atoms with E-state index in [9.17, 15) is 9.59 Å². The minimum absolute atomic E-state index is 0.309. The number of carbonyl (C=O) groups is 2. The van der Waals surface area contributed by atoms with Crippen molar-refractivity contribution in [2.24, 2.45) is 0 Å². The normalized spacial score (nSPS) is 11.6. The summed E-state index contributed by atoms with van der Waals surface area (Å²) in [6.45, 7) is 5.15. The summed E-state index contributed by atoms with van der Waals surface area (Å²) >= 11 is 0. The standard InChI is InChI=1S/C38H70O4/c1-3-5-7-9-11-13-15-17-19-21-23-25-27-29-31-33-35-41-37(39)38(40)42-36-34-32-30-28-26-24-22-20-18-16-14-12-10-8-6-4-2/h17-20H,3-16,21-36H2,1-2H3. The molecule has 0 heterocycles. The Labute approximate surface area is 261 Å². The molecule has 0 fully saturated rings. The number of ether oxygens (including phenoxy) is 2. The Hall–Kier alpha value is -1.58. The molecule has 0 spiro atoms. The molecular weight excluding hydrogens is 520 g/mol. The van der Waals surface area contributed by atoms with Crippen LogP contribution >= 0.6 is 0 Å². The van der Waals surface area contributed by atoms with Crippen molar-refractivity contribution in [1.82, 2.24) is 0 Å². The second-order valence-corrected chi connectivity index (χ2v) is 12.1. The number of allylic oxidation sites excluding steroid dienone is 4. The molecular formula is C38H70O4. The van der Waals surface area contributed by atoms with Crippen LogP contribution in [0.25, 0.3) is 0 Å². The Kier molecular flexibility index (Phi) is 34.3. The minimum atomic E-state index is -0.840. The summed E-state index contributed by atoms with van der Waals surface area (Å²) in [5.41, 5.74) is 0. The van der Waals surface area contributed by atoms with Gasteiger partial charge in [-0.05, 0) is 64.2 Å². The molecule has 0 aliphatic carbocycles. The molecule has 4 nitrogen and oxygen atoms in total. The topological polar surface area (TPSA) is 52.6 Å². The SMILES string of the molecule is CCCCCCCCC=CCCCCCCCCOC(=O)C(=O)OCCCCCCCCC=CCCCCCCCC. The molecule has 0 rings (SSSR count). The van der Waals surface area contributed by atoms with Crippen molar-refractivity contribution in [2.45, 2.75) is 194 Å². The molecule has 0 N–H and O–H groups in total. The first-order valence-corrected chi connectivity index (χ1v) is 18.4. The predicted octanol–water partition coefficient (Wildman–Crippen LogP) is 12.1. The minimum Gasteiger partial charge on any atom is -0.457 e. The van der Waals surface area contributed by atoms with E-state index in [-0.39, 0.29) is 0 Å². The second-order valence-electron chi connectivity index (χ2n) is 12.1. The number of hydrogen-bond acceptors (Lipinski definition) is 4. The van der Waals surface area contributed by atoms with E-state index in [2.05, 4.69) is 38.2 Å². The van der Waals surface area contributed by atoms with Crippen molar-refractivity contribution in [3.63, 3.8) is 0 Å². The maximum atomic E-state index is 11.8. The zero-order valence-corrected chi connectivity index (χ0v) is 28.2. The molecule has 0 atom stereocenters. The van der Waals surface area contributed by atoms with Crippen molar-refractivity contribution < 1.29 is 19.1 Å². The van der Waals surface area contributed by atoms with Gasteiger partial charge < -0.3 is 9.47 Å². The summed E-state index contributed by atoms with van der Waals surface area (Å²) < 4.78 is 10.2. The van der Waals surface area contributed by atoms with E-state index >= 15 is 0 Å². The van der Waals surface area contributed by atoms with E-state index in [1.807, 2.05) is 0 Å². The van der Waals surface area contributed by atoms with Gasteiger partial charge in [-0.15, -0.1) is 0 Å². The molecule has 246 valence electrons. The van der Waals surface area contributed by atoms with Crippen molar-refractivity contribution in [1.29, 1.82) is 0 Å². The van der Waals surface area contributed by atoms with Gasteiger partial charge >= 0.3 is 11.9 Å². The van der Waals surface area contributed by atoms with Crippen LogP contribution < -0.4 is 0 Å². The smallest absolute Gasteiger partial charge is 0.417 e. The van der Waals surface area contributed by atoms with E-state index in [1.54, 1.807) is 0 Å². The third-order valence-electron chi connectivity index (χ3n) is 7.95. The highest BCUT2D eigenvalue weighted by Crippen LogP contribution is 2.12. The Bertz CT molecular complexity index is 571. The zero-order valence-electron chi connectivity index (χ0n) is 28.2. The van der Waals surface area contributed by atoms with Crippen LogP contribution in [0.3, 0.4) is 0 Å². The lowest BCUT2D eigenvalue weighted by molar-refractivity contribution is -0.167. The van der Waals surface area contributed by atoms with Crippen molar-refractivity contribution >= 4 is 11.9 Å². The summed E-state index contributed by atoms with van der Waals surface area (Å²) in [6, 6.07) is 0. The van der Waals surface area contributed by atoms with Gasteiger partial charge in [-0.2, -0.15) is 0 Å². The summed E-state index contributed by atoms with van der Waals surface area (Å²) in [7, 11) is 0. The van der Waals surface area contributed by atoms with Crippen LogP contribution in [0, 0.1) is 0 Å². The second kappa shape index (κ2) is 35.6. The summed E-state index contributed by atoms with van der Waals surface area (Å²) in [5, 5.41) is 0. The molecule has 0 aromatic carbocycles. The number of carbonyl (C=O) groups excluding carboxylic acids is 2. The van der Waals surface area contributed by atoms with Gasteiger partial charge in [-0.25, -0.2) is 9.59 Å². The lowest BCUT2D eigenvalue weighted by atomic mass is 10.1. The van der Waals surface area contributed by atoms with Crippen molar-refractivity contribution in [3.05, 3.63) is 24.3 Å². The Morgan fingerprint density at radius 1 is 0.357 bits per heavy atom. The first-order valence-electron chi connectivity index (χ1n) is 18.4. The van der Waals surface area contributed by atoms with E-state index in [0.717, 1.165) is 38.5 Å². The number of esters is 2. The molecule has 0 saturated heterocycles. The van der Waals surface area contributed by atoms with E-state index in [0.29, 0.717) is 13.2 Å². The largest absolute Gasteiger partial charge is 0.457 e. The fourth-order valence-electron chi connectivity index (χ4n) is 5.15. The monoisotopic (exact) mass is 591 g/mol. The third-order valence-corrected chi connectivity index (χ3v) is 7.95. The molecule has 0 amide bonds. The average molecular weight is 591 g/mol. The highest BCUT2D eigenvalue weighted by Gasteiger charge is 2.16. The maximum Gasteiger partial charge on any atom is 0.417 e. The average Bonchev–Trinajstić information content (AvgIpc) is 3.00. The molecule has 0 aromatic heterocycles. The molecule has 0 bridgehead atoms. The lowest BCUT2D eigenvalue weighted by Crippen LogP contribution is -2.21. The van der Waals surface area contributed by atoms with Gasteiger partial charge in [0.05, 0.1) is 13.2 Å². The molecule has 0 saturated carbocycles. The van der Waals surface area contributed by atoms with E-state index in [4.69, 9.17) is 9.47 Å². The van der Waals surface area contributed by atoms with Crippen LogP contribution in [0.1, 0.15) is 194 Å².